The summed E-state index contributed by atoms with van der Waals surface area (Å²) in [5, 5.41) is 17.9. The number of hydrogen-bond acceptors (Lipinski definition) is 7. The number of aryl methyl sites for hydroxylation is 1. The Morgan fingerprint density at radius 2 is 1.87 bits per heavy atom. The smallest absolute Gasteiger partial charge is 0.455 e. The second-order valence-corrected chi connectivity index (χ2v) is 9.36. The summed E-state index contributed by atoms with van der Waals surface area (Å²) < 4.78 is 43.6. The number of hydrogen-bond donors (Lipinski definition) is 2. The molecule has 2 aromatic heterocycles. The van der Waals surface area contributed by atoms with Gasteiger partial charge in [0.2, 0.25) is 0 Å². The van der Waals surface area contributed by atoms with Gasteiger partial charge >= 0.3 is 6.29 Å². The number of nitrogens with zero attached hydrogens (tertiary/aromatic N) is 2. The third-order valence-corrected chi connectivity index (χ3v) is 6.54. The Labute approximate surface area is 221 Å². The molecule has 0 saturated heterocycles. The van der Waals surface area contributed by atoms with Gasteiger partial charge in [-0.3, -0.25) is 4.79 Å². The highest BCUT2D eigenvalue weighted by Gasteiger charge is 2.43. The Morgan fingerprint density at radius 3 is 2.69 bits per heavy atom. The topological polar surface area (TPSA) is 98.8 Å². The monoisotopic (exact) mass is 531 g/mol. The van der Waals surface area contributed by atoms with Crippen LogP contribution >= 0.6 is 0 Å². The minimum Gasteiger partial charge on any atom is -0.455 e. The number of aromatic nitrogens is 2. The average Bonchev–Trinajstić information content (AvgIpc) is 3.51. The molecule has 5 aromatic rings. The lowest BCUT2D eigenvalue weighted by atomic mass is 10.0. The molecule has 0 unspecified atom stereocenters. The summed E-state index contributed by atoms with van der Waals surface area (Å²) >= 11 is 0. The molecular formula is C29H23F2N3O5. The van der Waals surface area contributed by atoms with Gasteiger partial charge in [0.05, 0.1) is 35.5 Å². The molecule has 0 saturated carbocycles. The number of anilines is 1. The van der Waals surface area contributed by atoms with Crippen LogP contribution in [0.15, 0.2) is 82.3 Å². The molecule has 0 amide bonds. The molecule has 39 heavy (non-hydrogen) atoms. The van der Waals surface area contributed by atoms with Crippen LogP contribution in [0.4, 0.5) is 14.5 Å². The summed E-state index contributed by atoms with van der Waals surface area (Å²) in [6.45, 7) is 3.76. The predicted molar refractivity (Wildman–Crippen MR) is 140 cm³/mol. The molecule has 0 fully saturated rings. The van der Waals surface area contributed by atoms with E-state index in [1.807, 2.05) is 44.2 Å². The van der Waals surface area contributed by atoms with Crippen LogP contribution in [0.1, 0.15) is 29.7 Å². The van der Waals surface area contributed by atoms with Crippen molar-refractivity contribution in [2.45, 2.75) is 32.8 Å². The molecule has 0 aliphatic carbocycles. The third kappa shape index (κ3) is 4.59. The fraction of sp³-hybridized carbons (Fsp3) is 0.172. The van der Waals surface area contributed by atoms with Crippen molar-refractivity contribution in [1.29, 1.82) is 0 Å². The van der Waals surface area contributed by atoms with Crippen LogP contribution in [-0.2, 0) is 6.61 Å². The highest BCUT2D eigenvalue weighted by Crippen LogP contribution is 2.42. The molecule has 6 rings (SSSR count). The summed E-state index contributed by atoms with van der Waals surface area (Å²) in [7, 11) is 0. The van der Waals surface area contributed by atoms with Crippen LogP contribution in [0, 0.1) is 6.92 Å². The molecule has 8 nitrogen and oxygen atoms in total. The first-order valence-corrected chi connectivity index (χ1v) is 12.2. The Bertz CT molecular complexity index is 1780. The van der Waals surface area contributed by atoms with Crippen molar-refractivity contribution < 1.29 is 27.8 Å². The van der Waals surface area contributed by atoms with E-state index in [1.54, 1.807) is 18.3 Å². The van der Waals surface area contributed by atoms with Gasteiger partial charge in [0.1, 0.15) is 11.3 Å². The van der Waals surface area contributed by atoms with Crippen molar-refractivity contribution in [3.63, 3.8) is 0 Å². The Kier molecular flexibility index (Phi) is 5.84. The quantitative estimate of drug-likeness (QED) is 0.280. The van der Waals surface area contributed by atoms with Crippen molar-refractivity contribution in [1.82, 2.24) is 9.78 Å². The highest BCUT2D eigenvalue weighted by atomic mass is 19.3. The van der Waals surface area contributed by atoms with Crippen LogP contribution in [0.3, 0.4) is 0 Å². The van der Waals surface area contributed by atoms with Gasteiger partial charge in [0, 0.05) is 35.1 Å². The van der Waals surface area contributed by atoms with Gasteiger partial charge in [-0.2, -0.15) is 5.10 Å². The van der Waals surface area contributed by atoms with E-state index >= 15 is 0 Å². The van der Waals surface area contributed by atoms with Crippen molar-refractivity contribution in [3.05, 3.63) is 100.0 Å². The van der Waals surface area contributed by atoms with Gasteiger partial charge < -0.3 is 24.3 Å². The van der Waals surface area contributed by atoms with E-state index in [9.17, 15) is 18.7 Å². The molecule has 1 aliphatic heterocycles. The maximum absolute atomic E-state index is 13.4. The zero-order valence-electron chi connectivity index (χ0n) is 20.9. The Balaban J connectivity index is 1.38. The number of para-hydroxylation sites is 1. The number of nitrogens with one attached hydrogen (secondary N) is 1. The summed E-state index contributed by atoms with van der Waals surface area (Å²) in [5.74, 6) is 0.138. The number of aliphatic hydroxyl groups excluding tert-OH is 1. The lowest BCUT2D eigenvalue weighted by molar-refractivity contribution is -0.286. The second-order valence-electron chi connectivity index (χ2n) is 9.36. The fourth-order valence-corrected chi connectivity index (χ4v) is 4.68. The second kappa shape index (κ2) is 9.25. The van der Waals surface area contributed by atoms with E-state index in [4.69, 9.17) is 4.42 Å². The van der Waals surface area contributed by atoms with E-state index in [-0.39, 0.29) is 29.6 Å². The summed E-state index contributed by atoms with van der Waals surface area (Å²) in [6, 6.07) is 16.7. The van der Waals surface area contributed by atoms with Crippen LogP contribution in [0.25, 0.3) is 28.0 Å². The molecule has 10 heteroatoms. The van der Waals surface area contributed by atoms with Crippen molar-refractivity contribution in [3.8, 4) is 28.5 Å². The van der Waals surface area contributed by atoms with E-state index in [2.05, 4.69) is 19.9 Å². The molecule has 3 heterocycles. The van der Waals surface area contributed by atoms with Crippen molar-refractivity contribution in [2.24, 2.45) is 0 Å². The first-order chi connectivity index (χ1) is 18.7. The lowest BCUT2D eigenvalue weighted by Crippen LogP contribution is -2.25. The molecule has 3 aromatic carbocycles. The van der Waals surface area contributed by atoms with Gasteiger partial charge in [0.15, 0.2) is 16.9 Å². The number of rotatable bonds is 6. The molecule has 1 aliphatic rings. The number of ether oxygens (including phenoxy) is 2. The molecular weight excluding hydrogens is 508 g/mol. The van der Waals surface area contributed by atoms with Crippen LogP contribution in [0.2, 0.25) is 0 Å². The first kappa shape index (κ1) is 24.6. The maximum atomic E-state index is 13.4. The number of fused-ring (bicyclic) bond motifs is 2. The number of halogens is 2. The van der Waals surface area contributed by atoms with E-state index < -0.39 is 6.29 Å². The fourth-order valence-electron chi connectivity index (χ4n) is 4.68. The minimum absolute atomic E-state index is 0.0659. The van der Waals surface area contributed by atoms with Crippen molar-refractivity contribution in [2.75, 3.05) is 5.32 Å². The van der Waals surface area contributed by atoms with E-state index in [1.165, 1.54) is 29.1 Å². The molecule has 0 bridgehead atoms. The Morgan fingerprint density at radius 1 is 1.08 bits per heavy atom. The normalized spacial score (nSPS) is 14.5. The van der Waals surface area contributed by atoms with Crippen LogP contribution < -0.4 is 20.2 Å². The Hall–Kier alpha value is -4.70. The maximum Gasteiger partial charge on any atom is 0.586 e. The molecule has 1 atom stereocenters. The number of benzene rings is 3. The van der Waals surface area contributed by atoms with E-state index in [0.717, 1.165) is 22.4 Å². The standard InChI is InChI=1S/C29H23F2N3O5/c1-16-9-21(17(2)33-23-6-4-3-5-18(23)15-35)28-22(10-16)24(36)12-26(37-28)19-13-32-34(14-19)20-7-8-25-27(11-20)39-29(30,31)38-25/h3-14,17,33,35H,15H2,1-2H3/t17-/m1/s1. The third-order valence-electron chi connectivity index (χ3n) is 6.54. The van der Waals surface area contributed by atoms with Gasteiger partial charge in [-0.1, -0.05) is 24.3 Å². The average molecular weight is 532 g/mol. The SMILES string of the molecule is Cc1cc([C@@H](C)Nc2ccccc2CO)c2oc(-c3cnn(-c4ccc5c(c4)OC(F)(F)O5)c3)cc(=O)c2c1. The number of aliphatic hydroxyl groups is 1. The van der Waals surface area contributed by atoms with Gasteiger partial charge in [-0.25, -0.2) is 4.68 Å². The van der Waals surface area contributed by atoms with Gasteiger partial charge in [0.25, 0.3) is 0 Å². The van der Waals surface area contributed by atoms with Crippen LogP contribution in [-0.4, -0.2) is 21.2 Å². The lowest BCUT2D eigenvalue weighted by Gasteiger charge is -2.19. The van der Waals surface area contributed by atoms with Crippen LogP contribution in [0.5, 0.6) is 11.5 Å². The molecule has 198 valence electrons. The zero-order valence-corrected chi connectivity index (χ0v) is 20.9. The summed E-state index contributed by atoms with van der Waals surface area (Å²) in [5.41, 5.74) is 4.42. The van der Waals surface area contributed by atoms with E-state index in [0.29, 0.717) is 28.0 Å². The first-order valence-electron chi connectivity index (χ1n) is 12.2. The zero-order chi connectivity index (χ0) is 27.3. The minimum atomic E-state index is -3.72. The highest BCUT2D eigenvalue weighted by molar-refractivity contribution is 5.83. The summed E-state index contributed by atoms with van der Waals surface area (Å²) in [6.07, 6.45) is -0.559. The molecule has 2 N–H and O–H groups in total. The molecule has 0 spiro atoms. The predicted octanol–water partition coefficient (Wildman–Crippen LogP) is 5.94. The van der Waals surface area contributed by atoms with Crippen molar-refractivity contribution >= 4 is 16.7 Å². The summed E-state index contributed by atoms with van der Waals surface area (Å²) in [4.78, 5) is 13.2. The number of alkyl halides is 2. The van der Waals surface area contributed by atoms with Gasteiger partial charge in [-0.05, 0) is 43.7 Å². The molecule has 0 radical (unpaired) electrons. The largest absolute Gasteiger partial charge is 0.586 e. The van der Waals surface area contributed by atoms with Gasteiger partial charge in [-0.15, -0.1) is 8.78 Å².